The lowest BCUT2D eigenvalue weighted by molar-refractivity contribution is 0.102. The average molecular weight is 470 g/mol. The van der Waals surface area contributed by atoms with Crippen LogP contribution in [0.15, 0.2) is 77.8 Å². The number of piperidine rings is 1. The van der Waals surface area contributed by atoms with E-state index < -0.39 is 15.9 Å². The van der Waals surface area contributed by atoms with Gasteiger partial charge < -0.3 is 5.32 Å². The Hall–Kier alpha value is -2.74. The SMILES string of the molecule is O=C(Nc1ccccn1)c1ccc(Cl)c(S(=O)(=O)N2CCC(Cc3ccccc3)CC2)c1. The molecule has 166 valence electrons. The monoisotopic (exact) mass is 469 g/mol. The highest BCUT2D eigenvalue weighted by Crippen LogP contribution is 2.30. The predicted octanol–water partition coefficient (Wildman–Crippen LogP) is 4.63. The minimum Gasteiger partial charge on any atom is -0.307 e. The minimum absolute atomic E-state index is 0.0469. The number of anilines is 1. The summed E-state index contributed by atoms with van der Waals surface area (Å²) >= 11 is 6.25. The molecule has 1 N–H and O–H groups in total. The Bertz CT molecular complexity index is 1180. The Morgan fingerprint density at radius 3 is 2.44 bits per heavy atom. The molecule has 0 radical (unpaired) electrons. The molecule has 1 aromatic heterocycles. The van der Waals surface area contributed by atoms with Gasteiger partial charge in [0.15, 0.2) is 0 Å². The van der Waals surface area contributed by atoms with Crippen molar-refractivity contribution in [1.82, 2.24) is 9.29 Å². The van der Waals surface area contributed by atoms with Gasteiger partial charge >= 0.3 is 0 Å². The number of pyridine rings is 1. The fourth-order valence-corrected chi connectivity index (χ4v) is 5.88. The van der Waals surface area contributed by atoms with E-state index in [0.717, 1.165) is 19.3 Å². The summed E-state index contributed by atoms with van der Waals surface area (Å²) in [6, 6.07) is 19.7. The van der Waals surface area contributed by atoms with Crippen LogP contribution in [0.4, 0.5) is 5.82 Å². The number of nitrogens with zero attached hydrogens (tertiary/aromatic N) is 2. The van der Waals surface area contributed by atoms with Gasteiger partial charge in [-0.25, -0.2) is 13.4 Å². The molecule has 1 saturated heterocycles. The molecule has 2 aromatic carbocycles. The second kappa shape index (κ2) is 9.81. The van der Waals surface area contributed by atoms with Crippen molar-refractivity contribution < 1.29 is 13.2 Å². The number of halogens is 1. The molecule has 6 nitrogen and oxygen atoms in total. The van der Waals surface area contributed by atoms with E-state index in [1.807, 2.05) is 18.2 Å². The van der Waals surface area contributed by atoms with Crippen LogP contribution in [-0.2, 0) is 16.4 Å². The smallest absolute Gasteiger partial charge is 0.256 e. The molecule has 0 atom stereocenters. The third-order valence-corrected chi connectivity index (χ3v) is 8.04. The number of carbonyl (C=O) groups excluding carboxylic acids is 1. The summed E-state index contributed by atoms with van der Waals surface area (Å²) in [6.45, 7) is 0.862. The molecule has 1 amide bonds. The van der Waals surface area contributed by atoms with Gasteiger partial charge in [0.05, 0.1) is 5.02 Å². The van der Waals surface area contributed by atoms with Gasteiger partial charge in [0, 0.05) is 24.8 Å². The molecule has 1 aliphatic heterocycles. The maximum absolute atomic E-state index is 13.3. The maximum atomic E-state index is 13.3. The number of carbonyl (C=O) groups is 1. The van der Waals surface area contributed by atoms with Gasteiger partial charge in [0.2, 0.25) is 10.0 Å². The van der Waals surface area contributed by atoms with Crippen LogP contribution in [0.5, 0.6) is 0 Å². The van der Waals surface area contributed by atoms with E-state index in [0.29, 0.717) is 24.8 Å². The molecular weight excluding hydrogens is 446 g/mol. The topological polar surface area (TPSA) is 79.4 Å². The first-order valence-corrected chi connectivity index (χ1v) is 12.3. The highest BCUT2D eigenvalue weighted by molar-refractivity contribution is 7.89. The van der Waals surface area contributed by atoms with E-state index in [1.165, 1.54) is 28.1 Å². The second-order valence-electron chi connectivity index (χ2n) is 7.85. The first-order valence-electron chi connectivity index (χ1n) is 10.5. The molecule has 32 heavy (non-hydrogen) atoms. The molecule has 0 saturated carbocycles. The molecule has 1 aliphatic rings. The van der Waals surface area contributed by atoms with Crippen molar-refractivity contribution >= 4 is 33.3 Å². The van der Waals surface area contributed by atoms with Crippen LogP contribution >= 0.6 is 11.6 Å². The van der Waals surface area contributed by atoms with Gasteiger partial charge in [-0.3, -0.25) is 4.79 Å². The van der Waals surface area contributed by atoms with Crippen LogP contribution in [0.25, 0.3) is 0 Å². The quantitative estimate of drug-likeness (QED) is 0.570. The van der Waals surface area contributed by atoms with Gasteiger partial charge in [0.25, 0.3) is 5.91 Å². The zero-order chi connectivity index (χ0) is 22.6. The number of aromatic nitrogens is 1. The number of nitrogens with one attached hydrogen (secondary N) is 1. The molecule has 0 aliphatic carbocycles. The summed E-state index contributed by atoms with van der Waals surface area (Å²) in [5.41, 5.74) is 1.47. The Morgan fingerprint density at radius 1 is 1.03 bits per heavy atom. The molecule has 0 bridgehead atoms. The fourth-order valence-electron chi connectivity index (χ4n) is 3.91. The third-order valence-electron chi connectivity index (χ3n) is 5.66. The lowest BCUT2D eigenvalue weighted by Gasteiger charge is -2.31. The third kappa shape index (κ3) is 5.18. The predicted molar refractivity (Wildman–Crippen MR) is 125 cm³/mol. The van der Waals surface area contributed by atoms with E-state index in [1.54, 1.807) is 24.4 Å². The van der Waals surface area contributed by atoms with Crippen molar-refractivity contribution in [2.24, 2.45) is 5.92 Å². The lowest BCUT2D eigenvalue weighted by atomic mass is 9.91. The number of sulfonamides is 1. The average Bonchev–Trinajstić information content (AvgIpc) is 2.81. The summed E-state index contributed by atoms with van der Waals surface area (Å²) in [5.74, 6) is 0.380. The number of hydrogen-bond donors (Lipinski definition) is 1. The summed E-state index contributed by atoms with van der Waals surface area (Å²) in [4.78, 5) is 16.6. The largest absolute Gasteiger partial charge is 0.307 e. The minimum atomic E-state index is -3.81. The first-order chi connectivity index (χ1) is 15.4. The van der Waals surface area contributed by atoms with E-state index in [-0.39, 0.29) is 15.5 Å². The normalized spacial score (nSPS) is 15.4. The van der Waals surface area contributed by atoms with E-state index in [9.17, 15) is 13.2 Å². The lowest BCUT2D eigenvalue weighted by Crippen LogP contribution is -2.39. The van der Waals surface area contributed by atoms with Crippen LogP contribution in [0.2, 0.25) is 5.02 Å². The number of hydrogen-bond acceptors (Lipinski definition) is 4. The van der Waals surface area contributed by atoms with Crippen LogP contribution in [-0.4, -0.2) is 36.7 Å². The van der Waals surface area contributed by atoms with Crippen molar-refractivity contribution in [2.75, 3.05) is 18.4 Å². The zero-order valence-electron chi connectivity index (χ0n) is 17.4. The Kier molecular flexibility index (Phi) is 6.89. The Labute approximate surface area is 193 Å². The van der Waals surface area contributed by atoms with Crippen molar-refractivity contribution in [1.29, 1.82) is 0 Å². The van der Waals surface area contributed by atoms with Crippen molar-refractivity contribution in [3.63, 3.8) is 0 Å². The summed E-state index contributed by atoms with van der Waals surface area (Å²) in [5, 5.41) is 2.77. The van der Waals surface area contributed by atoms with Crippen molar-refractivity contribution in [2.45, 2.75) is 24.2 Å². The molecule has 1 fully saturated rings. The molecule has 0 unspecified atom stereocenters. The van der Waals surface area contributed by atoms with Crippen LogP contribution < -0.4 is 5.32 Å². The van der Waals surface area contributed by atoms with E-state index in [4.69, 9.17) is 11.6 Å². The molecule has 4 rings (SSSR count). The second-order valence-corrected chi connectivity index (χ2v) is 10.2. The first kappa shape index (κ1) is 22.5. The van der Waals surface area contributed by atoms with E-state index >= 15 is 0 Å². The molecule has 2 heterocycles. The number of rotatable bonds is 6. The van der Waals surface area contributed by atoms with Gasteiger partial charge in [-0.1, -0.05) is 48.0 Å². The molecular formula is C24H24ClN3O3S. The summed E-state index contributed by atoms with van der Waals surface area (Å²) in [6.07, 6.45) is 4.07. The van der Waals surface area contributed by atoms with Crippen LogP contribution in [0, 0.1) is 5.92 Å². The highest BCUT2D eigenvalue weighted by Gasteiger charge is 2.31. The molecule has 8 heteroatoms. The van der Waals surface area contributed by atoms with Gasteiger partial charge in [-0.05, 0) is 61.1 Å². The molecule has 0 spiro atoms. The van der Waals surface area contributed by atoms with Crippen molar-refractivity contribution in [3.05, 3.63) is 89.1 Å². The summed E-state index contributed by atoms with van der Waals surface area (Å²) in [7, 11) is -3.81. The Balaban J connectivity index is 1.46. The standard InChI is InChI=1S/C24H24ClN3O3S/c25-21-10-9-20(24(29)27-23-8-4-5-13-26-23)17-22(21)32(30,31)28-14-11-19(12-15-28)16-18-6-2-1-3-7-18/h1-10,13,17,19H,11-12,14-16H2,(H,26,27,29). The summed E-state index contributed by atoms with van der Waals surface area (Å²) < 4.78 is 28.1. The van der Waals surface area contributed by atoms with Gasteiger partial charge in [0.1, 0.15) is 10.7 Å². The zero-order valence-corrected chi connectivity index (χ0v) is 19.0. The number of benzene rings is 2. The van der Waals surface area contributed by atoms with Gasteiger partial charge in [-0.15, -0.1) is 0 Å². The van der Waals surface area contributed by atoms with Crippen LogP contribution in [0.1, 0.15) is 28.8 Å². The van der Waals surface area contributed by atoms with Crippen LogP contribution in [0.3, 0.4) is 0 Å². The fraction of sp³-hybridized carbons (Fsp3) is 0.250. The van der Waals surface area contributed by atoms with Crippen molar-refractivity contribution in [3.8, 4) is 0 Å². The van der Waals surface area contributed by atoms with Gasteiger partial charge in [-0.2, -0.15) is 4.31 Å². The molecule has 3 aromatic rings. The maximum Gasteiger partial charge on any atom is 0.256 e. The number of amides is 1. The van der Waals surface area contributed by atoms with E-state index in [2.05, 4.69) is 22.4 Å². The Morgan fingerprint density at radius 2 is 1.75 bits per heavy atom. The highest BCUT2D eigenvalue weighted by atomic mass is 35.5.